The highest BCUT2D eigenvalue weighted by Crippen LogP contribution is 2.31. The number of aromatic nitrogens is 2. The van der Waals surface area contributed by atoms with E-state index in [1.165, 1.54) is 5.56 Å². The van der Waals surface area contributed by atoms with Crippen LogP contribution in [0.2, 0.25) is 0 Å². The van der Waals surface area contributed by atoms with Gasteiger partial charge in [0.1, 0.15) is 5.65 Å². The average Bonchev–Trinajstić information content (AvgIpc) is 3.43. The molecule has 4 heterocycles. The van der Waals surface area contributed by atoms with Gasteiger partial charge in [-0.25, -0.2) is 9.78 Å². The molecule has 2 aliphatic rings. The van der Waals surface area contributed by atoms with Gasteiger partial charge in [0, 0.05) is 61.8 Å². The van der Waals surface area contributed by atoms with E-state index >= 15 is 0 Å². The summed E-state index contributed by atoms with van der Waals surface area (Å²) in [4.78, 5) is 38.1. The minimum absolute atomic E-state index is 0.0413. The fourth-order valence-electron chi connectivity index (χ4n) is 4.59. The second-order valence-electron chi connectivity index (χ2n) is 9.36. The molecule has 9 nitrogen and oxygen atoms in total. The quantitative estimate of drug-likeness (QED) is 0.289. The maximum absolute atomic E-state index is 13.2. The second-order valence-corrected chi connectivity index (χ2v) is 9.36. The van der Waals surface area contributed by atoms with E-state index in [2.05, 4.69) is 44.3 Å². The fraction of sp³-hybridized carbons (Fsp3) is 0.321. The minimum atomic E-state index is -0.719. The topological polar surface area (TPSA) is 99.8 Å². The summed E-state index contributed by atoms with van der Waals surface area (Å²) in [5, 5.41) is 4.01. The second kappa shape index (κ2) is 10.6. The van der Waals surface area contributed by atoms with Crippen LogP contribution in [0.4, 0.5) is 5.69 Å². The number of ether oxygens (including phenoxy) is 2. The molecule has 0 unspecified atom stereocenters. The van der Waals surface area contributed by atoms with Crippen molar-refractivity contribution < 1.29 is 19.1 Å². The lowest BCUT2D eigenvalue weighted by Crippen LogP contribution is -2.43. The molecule has 1 aromatic carbocycles. The number of nitrogens with one attached hydrogen (secondary N) is 2. The molecule has 1 fully saturated rings. The molecule has 0 amide bonds. The van der Waals surface area contributed by atoms with Gasteiger partial charge in [0.15, 0.2) is 11.3 Å². The van der Waals surface area contributed by atoms with Gasteiger partial charge in [-0.3, -0.25) is 9.69 Å². The number of aromatic amines is 1. The Hall–Kier alpha value is -3.95. The molecule has 0 saturated carbocycles. The zero-order chi connectivity index (χ0) is 25.9. The number of aryl methyl sites for hydroxylation is 1. The van der Waals surface area contributed by atoms with Crippen LogP contribution >= 0.6 is 0 Å². The number of esters is 1. The smallest absolute Gasteiger partial charge is 0.347 e. The number of likely N-dealkylation sites (N-methyl/N-ethyl adjacent to an activating group) is 1. The van der Waals surface area contributed by atoms with Crippen molar-refractivity contribution in [3.63, 3.8) is 0 Å². The number of benzene rings is 1. The van der Waals surface area contributed by atoms with Crippen molar-refractivity contribution >= 4 is 34.5 Å². The van der Waals surface area contributed by atoms with E-state index in [0.717, 1.165) is 54.9 Å². The Morgan fingerprint density at radius 1 is 1.24 bits per heavy atom. The van der Waals surface area contributed by atoms with Crippen LogP contribution in [0.15, 0.2) is 59.9 Å². The van der Waals surface area contributed by atoms with Crippen LogP contribution < -0.4 is 5.32 Å². The molecule has 0 bridgehead atoms. The zero-order valence-electron chi connectivity index (χ0n) is 21.3. The molecular formula is C28H31N5O4. The van der Waals surface area contributed by atoms with Gasteiger partial charge in [-0.2, -0.15) is 0 Å². The van der Waals surface area contributed by atoms with Gasteiger partial charge in [-0.05, 0) is 56.3 Å². The molecule has 2 N–H and O–H groups in total. The summed E-state index contributed by atoms with van der Waals surface area (Å²) in [6.07, 6.45) is 5.05. The van der Waals surface area contributed by atoms with Crippen LogP contribution in [0.25, 0.3) is 17.1 Å². The van der Waals surface area contributed by atoms with E-state index in [1.807, 2.05) is 25.1 Å². The predicted octanol–water partition coefficient (Wildman–Crippen LogP) is 3.45. The average molecular weight is 502 g/mol. The van der Waals surface area contributed by atoms with Crippen LogP contribution in [0, 0.1) is 6.92 Å². The molecular weight excluding hydrogens is 470 g/mol. The summed E-state index contributed by atoms with van der Waals surface area (Å²) in [7, 11) is 2.15. The normalized spacial score (nSPS) is 18.0. The summed E-state index contributed by atoms with van der Waals surface area (Å²) < 4.78 is 11.1. The first-order chi connectivity index (χ1) is 17.9. The number of carbonyl (C=O) groups is 2. The summed E-state index contributed by atoms with van der Waals surface area (Å²) in [6, 6.07) is 9.86. The maximum Gasteiger partial charge on any atom is 0.347 e. The number of ketones is 1. The first-order valence-corrected chi connectivity index (χ1v) is 12.5. The third-order valence-corrected chi connectivity index (χ3v) is 6.68. The number of nitrogens with zero attached hydrogens (tertiary/aromatic N) is 3. The molecule has 37 heavy (non-hydrogen) atoms. The molecule has 0 atom stereocenters. The van der Waals surface area contributed by atoms with Crippen molar-refractivity contribution in [1.29, 1.82) is 0 Å². The highest BCUT2D eigenvalue weighted by molar-refractivity contribution is 6.26. The number of rotatable bonds is 7. The predicted molar refractivity (Wildman–Crippen MR) is 141 cm³/mol. The summed E-state index contributed by atoms with van der Waals surface area (Å²) in [6.45, 7) is 8.95. The Morgan fingerprint density at radius 2 is 2.05 bits per heavy atom. The Balaban J connectivity index is 1.38. The van der Waals surface area contributed by atoms with E-state index in [4.69, 9.17) is 9.47 Å². The van der Waals surface area contributed by atoms with Gasteiger partial charge in [0.2, 0.25) is 11.7 Å². The number of anilines is 1. The highest BCUT2D eigenvalue weighted by atomic mass is 16.5. The molecule has 2 aromatic heterocycles. The summed E-state index contributed by atoms with van der Waals surface area (Å²) in [5.74, 6) is -1.13. The Kier molecular flexibility index (Phi) is 7.07. The molecule has 192 valence electrons. The van der Waals surface area contributed by atoms with Gasteiger partial charge < -0.3 is 24.7 Å². The van der Waals surface area contributed by atoms with Crippen molar-refractivity contribution in [2.75, 3.05) is 45.2 Å². The number of pyridine rings is 1. The number of piperazine rings is 1. The molecule has 3 aromatic rings. The molecule has 5 rings (SSSR count). The van der Waals surface area contributed by atoms with Crippen LogP contribution in [0.3, 0.4) is 0 Å². The monoisotopic (exact) mass is 501 g/mol. The zero-order valence-corrected chi connectivity index (χ0v) is 21.3. The van der Waals surface area contributed by atoms with Gasteiger partial charge in [0.05, 0.1) is 6.61 Å². The van der Waals surface area contributed by atoms with E-state index in [9.17, 15) is 9.59 Å². The number of hydrogen-bond donors (Lipinski definition) is 2. The van der Waals surface area contributed by atoms with Crippen molar-refractivity contribution in [3.05, 3.63) is 76.6 Å². The lowest BCUT2D eigenvalue weighted by Gasteiger charge is -2.32. The molecule has 9 heteroatoms. The van der Waals surface area contributed by atoms with Gasteiger partial charge in [-0.1, -0.05) is 12.1 Å². The first kappa shape index (κ1) is 24.7. The molecule has 0 radical (unpaired) electrons. The van der Waals surface area contributed by atoms with Crippen molar-refractivity contribution in [1.82, 2.24) is 19.8 Å². The highest BCUT2D eigenvalue weighted by Gasteiger charge is 2.37. The number of Topliss-reactive ketones (excluding diaryl/α,β-unsaturated/α-hetero) is 1. The number of allylic oxidation sites excluding steroid dienone is 1. The van der Waals surface area contributed by atoms with E-state index in [0.29, 0.717) is 5.65 Å². The Bertz CT molecular complexity index is 1400. The van der Waals surface area contributed by atoms with Crippen LogP contribution in [0.5, 0.6) is 0 Å². The van der Waals surface area contributed by atoms with Crippen LogP contribution in [0.1, 0.15) is 23.6 Å². The van der Waals surface area contributed by atoms with Crippen LogP contribution in [-0.4, -0.2) is 71.4 Å². The number of H-pyrrole nitrogens is 1. The van der Waals surface area contributed by atoms with Crippen LogP contribution in [-0.2, 0) is 25.6 Å². The SMILES string of the molecule is CCOC(=O)C1=C(Nc2ccc(CN3CCN(C)CC3)cc2C)OC(=Cc2c[nH]c3ncccc23)C1=O. The first-order valence-electron chi connectivity index (χ1n) is 12.5. The third-order valence-electron chi connectivity index (χ3n) is 6.68. The standard InChI is InChI=1S/C28H31N5O4/c1-4-36-28(35)24-25(34)23(15-20-16-30-26-21(20)6-5-9-29-26)37-27(24)31-22-8-7-19(14-18(22)2)17-33-12-10-32(3)11-13-33/h5-9,14-16,31H,4,10-13,17H2,1-3H3,(H,29,30). The molecule has 1 saturated heterocycles. The molecule has 0 spiro atoms. The third kappa shape index (κ3) is 5.28. The lowest BCUT2D eigenvalue weighted by molar-refractivity contribution is -0.139. The number of carbonyl (C=O) groups excluding carboxylic acids is 2. The molecule has 2 aliphatic heterocycles. The van der Waals surface area contributed by atoms with Crippen molar-refractivity contribution in [3.8, 4) is 0 Å². The van der Waals surface area contributed by atoms with Gasteiger partial charge in [0.25, 0.3) is 0 Å². The summed E-state index contributed by atoms with van der Waals surface area (Å²) in [5.41, 5.74) is 4.24. The Morgan fingerprint density at radius 3 is 2.81 bits per heavy atom. The fourth-order valence-corrected chi connectivity index (χ4v) is 4.59. The maximum atomic E-state index is 13.2. The Labute approximate surface area is 215 Å². The minimum Gasteiger partial charge on any atom is -0.462 e. The van der Waals surface area contributed by atoms with E-state index in [-0.39, 0.29) is 23.8 Å². The van der Waals surface area contributed by atoms with E-state index in [1.54, 1.807) is 25.4 Å². The number of fused-ring (bicyclic) bond motifs is 1. The van der Waals surface area contributed by atoms with Crippen molar-refractivity contribution in [2.45, 2.75) is 20.4 Å². The van der Waals surface area contributed by atoms with Gasteiger partial charge >= 0.3 is 5.97 Å². The van der Waals surface area contributed by atoms with Crippen molar-refractivity contribution in [2.24, 2.45) is 0 Å². The van der Waals surface area contributed by atoms with Gasteiger partial charge in [-0.15, -0.1) is 0 Å². The largest absolute Gasteiger partial charge is 0.462 e. The molecule has 0 aliphatic carbocycles. The van der Waals surface area contributed by atoms with E-state index < -0.39 is 11.8 Å². The number of hydrogen-bond acceptors (Lipinski definition) is 8. The lowest BCUT2D eigenvalue weighted by atomic mass is 10.1. The summed E-state index contributed by atoms with van der Waals surface area (Å²) >= 11 is 0.